The first-order valence-electron chi connectivity index (χ1n) is 3.57. The van der Waals surface area contributed by atoms with Crippen molar-refractivity contribution in [2.24, 2.45) is 5.73 Å². The monoisotopic (exact) mass is 182 g/mol. The number of amides is 2. The molecule has 1 aromatic carbocycles. The molecule has 1 aromatic rings. The third kappa shape index (κ3) is 1.81. The van der Waals surface area contributed by atoms with Crippen LogP contribution in [0.15, 0.2) is 18.2 Å². The molecule has 2 amide bonds. The van der Waals surface area contributed by atoms with Crippen LogP contribution in [0.4, 0.5) is 10.5 Å². The lowest BCUT2D eigenvalue weighted by Gasteiger charge is -2.15. The van der Waals surface area contributed by atoms with E-state index in [4.69, 9.17) is 10.8 Å². The second-order valence-corrected chi connectivity index (χ2v) is 2.57. The third-order valence-electron chi connectivity index (χ3n) is 1.65. The van der Waals surface area contributed by atoms with Crippen molar-refractivity contribution in [2.75, 3.05) is 11.9 Å². The van der Waals surface area contributed by atoms with Crippen LogP contribution in [0.3, 0.4) is 0 Å². The van der Waals surface area contributed by atoms with E-state index in [-0.39, 0.29) is 17.2 Å². The van der Waals surface area contributed by atoms with Gasteiger partial charge in [0.1, 0.15) is 11.5 Å². The molecule has 70 valence electrons. The van der Waals surface area contributed by atoms with Crippen LogP contribution in [0.2, 0.25) is 0 Å². The van der Waals surface area contributed by atoms with Crippen molar-refractivity contribution in [3.63, 3.8) is 0 Å². The SMILES string of the molecule is CN(C(N)=O)c1cc(O)ccc1O. The van der Waals surface area contributed by atoms with E-state index < -0.39 is 6.03 Å². The van der Waals surface area contributed by atoms with E-state index in [0.717, 1.165) is 4.90 Å². The fourth-order valence-electron chi connectivity index (χ4n) is 0.899. The first kappa shape index (κ1) is 9.18. The van der Waals surface area contributed by atoms with E-state index in [0.29, 0.717) is 0 Å². The van der Waals surface area contributed by atoms with Gasteiger partial charge in [0.25, 0.3) is 0 Å². The molecular formula is C8H10N2O3. The summed E-state index contributed by atoms with van der Waals surface area (Å²) in [6.45, 7) is 0. The lowest BCUT2D eigenvalue weighted by atomic mass is 10.2. The zero-order chi connectivity index (χ0) is 10.0. The smallest absolute Gasteiger partial charge is 0.319 e. The van der Waals surface area contributed by atoms with Gasteiger partial charge in [0.15, 0.2) is 0 Å². The Morgan fingerprint density at radius 2 is 2.08 bits per heavy atom. The van der Waals surface area contributed by atoms with Gasteiger partial charge in [-0.05, 0) is 12.1 Å². The number of nitrogens with two attached hydrogens (primary N) is 1. The lowest BCUT2D eigenvalue weighted by Crippen LogP contribution is -2.31. The highest BCUT2D eigenvalue weighted by atomic mass is 16.3. The molecule has 0 aliphatic carbocycles. The number of aromatic hydroxyl groups is 2. The third-order valence-corrected chi connectivity index (χ3v) is 1.65. The summed E-state index contributed by atoms with van der Waals surface area (Å²) in [5, 5.41) is 18.4. The van der Waals surface area contributed by atoms with Crippen molar-refractivity contribution >= 4 is 11.7 Å². The van der Waals surface area contributed by atoms with Gasteiger partial charge in [-0.2, -0.15) is 0 Å². The Bertz CT molecular complexity index is 338. The molecular weight excluding hydrogens is 172 g/mol. The summed E-state index contributed by atoms with van der Waals surface area (Å²) >= 11 is 0. The second kappa shape index (κ2) is 3.22. The van der Waals surface area contributed by atoms with Crippen molar-refractivity contribution in [1.29, 1.82) is 0 Å². The quantitative estimate of drug-likeness (QED) is 0.556. The van der Waals surface area contributed by atoms with Crippen molar-refractivity contribution in [1.82, 2.24) is 0 Å². The van der Waals surface area contributed by atoms with Crippen molar-refractivity contribution in [3.05, 3.63) is 18.2 Å². The molecule has 1 rings (SSSR count). The van der Waals surface area contributed by atoms with E-state index in [2.05, 4.69) is 0 Å². The molecule has 0 aliphatic rings. The number of benzene rings is 1. The molecule has 0 aromatic heterocycles. The fourth-order valence-corrected chi connectivity index (χ4v) is 0.899. The Hall–Kier alpha value is -1.91. The molecule has 0 aliphatic heterocycles. The van der Waals surface area contributed by atoms with Crippen LogP contribution in [0.1, 0.15) is 0 Å². The van der Waals surface area contributed by atoms with Crippen LogP contribution in [0.5, 0.6) is 11.5 Å². The highest BCUT2D eigenvalue weighted by Gasteiger charge is 2.11. The van der Waals surface area contributed by atoms with Crippen molar-refractivity contribution in [3.8, 4) is 11.5 Å². The maximum absolute atomic E-state index is 10.7. The highest BCUT2D eigenvalue weighted by molar-refractivity contribution is 5.91. The van der Waals surface area contributed by atoms with Crippen LogP contribution in [0, 0.1) is 0 Å². The molecule has 5 heteroatoms. The summed E-state index contributed by atoms with van der Waals surface area (Å²) in [5.74, 6) is -0.153. The number of urea groups is 1. The Morgan fingerprint density at radius 3 is 2.62 bits per heavy atom. The fraction of sp³-hybridized carbons (Fsp3) is 0.125. The summed E-state index contributed by atoms with van der Waals surface area (Å²) < 4.78 is 0. The lowest BCUT2D eigenvalue weighted by molar-refractivity contribution is 0.255. The molecule has 0 saturated carbocycles. The standard InChI is InChI=1S/C8H10N2O3/c1-10(8(9)13)6-4-5(11)2-3-7(6)12/h2-4,11-12H,1H3,(H2,9,13). The number of carbonyl (C=O) groups is 1. The number of carbonyl (C=O) groups excluding carboxylic acids is 1. The maximum Gasteiger partial charge on any atom is 0.319 e. The molecule has 0 spiro atoms. The van der Waals surface area contributed by atoms with Gasteiger partial charge in [0.2, 0.25) is 0 Å². The van der Waals surface area contributed by atoms with E-state index in [1.54, 1.807) is 0 Å². The number of rotatable bonds is 1. The molecule has 0 heterocycles. The molecule has 0 atom stereocenters. The zero-order valence-corrected chi connectivity index (χ0v) is 7.06. The number of hydrogen-bond donors (Lipinski definition) is 3. The van der Waals surface area contributed by atoms with E-state index >= 15 is 0 Å². The van der Waals surface area contributed by atoms with Crippen LogP contribution in [-0.2, 0) is 0 Å². The molecule has 0 bridgehead atoms. The Labute approximate surface area is 75.0 Å². The number of primary amides is 1. The highest BCUT2D eigenvalue weighted by Crippen LogP contribution is 2.29. The van der Waals surface area contributed by atoms with Gasteiger partial charge in [0, 0.05) is 13.1 Å². The average molecular weight is 182 g/mol. The van der Waals surface area contributed by atoms with Gasteiger partial charge in [-0.15, -0.1) is 0 Å². The Balaban J connectivity index is 3.12. The summed E-state index contributed by atoms with van der Waals surface area (Å²) in [6.07, 6.45) is 0. The Morgan fingerprint density at radius 1 is 1.46 bits per heavy atom. The van der Waals surface area contributed by atoms with Gasteiger partial charge >= 0.3 is 6.03 Å². The summed E-state index contributed by atoms with van der Waals surface area (Å²) in [7, 11) is 1.40. The van der Waals surface area contributed by atoms with Crippen LogP contribution >= 0.6 is 0 Å². The molecule has 13 heavy (non-hydrogen) atoms. The minimum atomic E-state index is -0.707. The van der Waals surface area contributed by atoms with Crippen LogP contribution in [-0.4, -0.2) is 23.3 Å². The average Bonchev–Trinajstić information content (AvgIpc) is 2.08. The minimum Gasteiger partial charge on any atom is -0.508 e. The van der Waals surface area contributed by atoms with Crippen molar-refractivity contribution < 1.29 is 15.0 Å². The van der Waals surface area contributed by atoms with E-state index in [9.17, 15) is 9.90 Å². The van der Waals surface area contributed by atoms with E-state index in [1.807, 2.05) is 0 Å². The van der Waals surface area contributed by atoms with Gasteiger partial charge in [-0.25, -0.2) is 4.79 Å². The number of hydrogen-bond acceptors (Lipinski definition) is 3. The summed E-state index contributed by atoms with van der Waals surface area (Å²) in [5.41, 5.74) is 5.15. The van der Waals surface area contributed by atoms with Crippen LogP contribution in [0.25, 0.3) is 0 Å². The maximum atomic E-state index is 10.7. The first-order valence-corrected chi connectivity index (χ1v) is 3.57. The molecule has 0 unspecified atom stereocenters. The number of phenols is 2. The molecule has 4 N–H and O–H groups in total. The summed E-state index contributed by atoms with van der Waals surface area (Å²) in [4.78, 5) is 11.8. The Kier molecular flexibility index (Phi) is 2.27. The number of anilines is 1. The van der Waals surface area contributed by atoms with Gasteiger partial charge in [-0.1, -0.05) is 0 Å². The normalized spacial score (nSPS) is 9.62. The molecule has 0 saturated heterocycles. The predicted octanol–water partition coefficient (Wildman–Crippen LogP) is 0.613. The van der Waals surface area contributed by atoms with Gasteiger partial charge in [-0.3, -0.25) is 4.90 Å². The molecule has 0 radical (unpaired) electrons. The number of phenolic OH excluding ortho intramolecular Hbond substituents is 2. The predicted molar refractivity (Wildman–Crippen MR) is 47.8 cm³/mol. The van der Waals surface area contributed by atoms with Crippen LogP contribution < -0.4 is 10.6 Å². The topological polar surface area (TPSA) is 86.8 Å². The van der Waals surface area contributed by atoms with E-state index in [1.165, 1.54) is 25.2 Å². The van der Waals surface area contributed by atoms with Crippen molar-refractivity contribution in [2.45, 2.75) is 0 Å². The first-order chi connectivity index (χ1) is 6.02. The minimum absolute atomic E-state index is 0.0408. The number of nitrogens with zero attached hydrogens (tertiary/aromatic N) is 1. The van der Waals surface area contributed by atoms with Gasteiger partial charge in [0.05, 0.1) is 5.69 Å². The summed E-state index contributed by atoms with van der Waals surface area (Å²) in [6, 6.07) is 3.14. The largest absolute Gasteiger partial charge is 0.508 e. The second-order valence-electron chi connectivity index (χ2n) is 2.57. The zero-order valence-electron chi connectivity index (χ0n) is 7.06. The molecule has 0 fully saturated rings. The molecule has 5 nitrogen and oxygen atoms in total. The van der Waals surface area contributed by atoms with Gasteiger partial charge < -0.3 is 15.9 Å².